The highest BCUT2D eigenvalue weighted by molar-refractivity contribution is 5.88. The lowest BCUT2D eigenvalue weighted by molar-refractivity contribution is -0.131. The summed E-state index contributed by atoms with van der Waals surface area (Å²) in [6.45, 7) is 8.58. The van der Waals surface area contributed by atoms with Crippen molar-refractivity contribution in [2.24, 2.45) is 0 Å². The molecule has 0 heterocycles. The highest BCUT2D eigenvalue weighted by atomic mass is 16.1. The van der Waals surface area contributed by atoms with Gasteiger partial charge in [0.15, 0.2) is 5.78 Å². The van der Waals surface area contributed by atoms with Gasteiger partial charge < -0.3 is 0 Å². The molecule has 0 aromatic rings. The lowest BCUT2D eigenvalue weighted by atomic mass is 9.86. The number of hydrogen-bond donors (Lipinski definition) is 0. The maximum absolute atomic E-state index is 12.6. The van der Waals surface area contributed by atoms with Crippen LogP contribution >= 0.6 is 0 Å². The zero-order chi connectivity index (χ0) is 12.7. The minimum Gasteiger partial charge on any atom is -0.298 e. The van der Waals surface area contributed by atoms with Gasteiger partial charge in [-0.15, -0.1) is 0 Å². The summed E-state index contributed by atoms with van der Waals surface area (Å²) in [7, 11) is 0. The molecule has 0 unspecified atom stereocenters. The predicted octanol–water partition coefficient (Wildman–Crippen LogP) is 3.79. The van der Waals surface area contributed by atoms with Crippen molar-refractivity contribution < 1.29 is 4.79 Å². The molecule has 0 spiro atoms. The number of nitrogens with zero attached hydrogens (tertiary/aromatic N) is 1. The monoisotopic (exact) mass is 239 g/mol. The van der Waals surface area contributed by atoms with E-state index >= 15 is 0 Å². The molecule has 0 radical (unpaired) electrons. The summed E-state index contributed by atoms with van der Waals surface area (Å²) in [5.74, 6) is 0.521. The second-order valence-corrected chi connectivity index (χ2v) is 5.29. The van der Waals surface area contributed by atoms with Crippen LogP contribution in [0.4, 0.5) is 0 Å². The van der Waals surface area contributed by atoms with Crippen LogP contribution in [-0.2, 0) is 4.79 Å². The van der Waals surface area contributed by atoms with Gasteiger partial charge in [0.05, 0.1) is 5.54 Å². The summed E-state index contributed by atoms with van der Waals surface area (Å²) in [5, 5.41) is 0. The van der Waals surface area contributed by atoms with Crippen LogP contribution in [0.25, 0.3) is 0 Å². The van der Waals surface area contributed by atoms with Gasteiger partial charge in [-0.3, -0.25) is 9.69 Å². The topological polar surface area (TPSA) is 20.3 Å². The summed E-state index contributed by atoms with van der Waals surface area (Å²) >= 11 is 0. The van der Waals surface area contributed by atoms with Crippen molar-refractivity contribution in [2.75, 3.05) is 13.1 Å². The molecule has 2 heteroatoms. The van der Waals surface area contributed by atoms with Gasteiger partial charge in [0.25, 0.3) is 0 Å². The molecule has 0 N–H and O–H groups in total. The van der Waals surface area contributed by atoms with Gasteiger partial charge in [0.2, 0.25) is 0 Å². The van der Waals surface area contributed by atoms with E-state index in [1.807, 2.05) is 0 Å². The third-order valence-corrected chi connectivity index (χ3v) is 4.33. The molecule has 0 aromatic heterocycles. The van der Waals surface area contributed by atoms with Crippen LogP contribution in [-0.4, -0.2) is 29.3 Å². The van der Waals surface area contributed by atoms with Crippen molar-refractivity contribution in [3.05, 3.63) is 0 Å². The Balaban J connectivity index is 2.66. The minimum atomic E-state index is -0.0861. The van der Waals surface area contributed by atoms with Crippen LogP contribution in [0.5, 0.6) is 0 Å². The number of rotatable bonds is 8. The fourth-order valence-corrected chi connectivity index (χ4v) is 3.33. The Hall–Kier alpha value is -0.370. The fourth-order valence-electron chi connectivity index (χ4n) is 3.33. The normalized spacial score (nSPS) is 18.8. The molecule has 0 aromatic carbocycles. The SMILES string of the molecule is CCCCCC(=O)C1(N(CC)CC)CCCC1. The lowest BCUT2D eigenvalue weighted by Gasteiger charge is -2.39. The van der Waals surface area contributed by atoms with E-state index in [-0.39, 0.29) is 5.54 Å². The first-order chi connectivity index (χ1) is 8.21. The summed E-state index contributed by atoms with van der Waals surface area (Å²) in [6, 6.07) is 0. The van der Waals surface area contributed by atoms with E-state index in [0.29, 0.717) is 5.78 Å². The highest BCUT2D eigenvalue weighted by Gasteiger charge is 2.43. The van der Waals surface area contributed by atoms with Gasteiger partial charge in [0, 0.05) is 6.42 Å². The summed E-state index contributed by atoms with van der Waals surface area (Å²) in [5.41, 5.74) is -0.0861. The third kappa shape index (κ3) is 3.31. The molecule has 100 valence electrons. The van der Waals surface area contributed by atoms with Crippen molar-refractivity contribution in [3.8, 4) is 0 Å². The molecule has 0 atom stereocenters. The average Bonchev–Trinajstić information content (AvgIpc) is 2.81. The first-order valence-electron chi connectivity index (χ1n) is 7.49. The van der Waals surface area contributed by atoms with Crippen molar-refractivity contribution in [1.29, 1.82) is 0 Å². The van der Waals surface area contributed by atoms with Crippen molar-refractivity contribution in [1.82, 2.24) is 4.90 Å². The van der Waals surface area contributed by atoms with Gasteiger partial charge in [-0.2, -0.15) is 0 Å². The molecule has 0 saturated heterocycles. The molecular weight excluding hydrogens is 210 g/mol. The van der Waals surface area contributed by atoms with Gasteiger partial charge in [-0.05, 0) is 32.4 Å². The number of hydrogen-bond acceptors (Lipinski definition) is 2. The van der Waals surface area contributed by atoms with Gasteiger partial charge >= 0.3 is 0 Å². The Kier molecular flexibility index (Phi) is 6.18. The van der Waals surface area contributed by atoms with Gasteiger partial charge in [-0.25, -0.2) is 0 Å². The number of carbonyl (C=O) groups excluding carboxylic acids is 1. The standard InChI is InChI=1S/C15H29NO/c1-4-7-8-11-14(17)15(12-9-10-13-15)16(5-2)6-3/h4-13H2,1-3H3. The Labute approximate surface area is 107 Å². The molecular formula is C15H29NO. The molecule has 1 fully saturated rings. The van der Waals surface area contributed by atoms with E-state index in [9.17, 15) is 4.79 Å². The number of likely N-dealkylation sites (N-methyl/N-ethyl adjacent to an activating group) is 1. The molecule has 0 aliphatic heterocycles. The molecule has 0 bridgehead atoms. The Bertz CT molecular complexity index is 227. The number of carbonyl (C=O) groups is 1. The zero-order valence-corrected chi connectivity index (χ0v) is 11.9. The minimum absolute atomic E-state index is 0.0861. The summed E-state index contributed by atoms with van der Waals surface area (Å²) < 4.78 is 0. The first-order valence-corrected chi connectivity index (χ1v) is 7.49. The Morgan fingerprint density at radius 2 is 1.65 bits per heavy atom. The van der Waals surface area contributed by atoms with Crippen molar-refractivity contribution in [2.45, 2.75) is 77.7 Å². The van der Waals surface area contributed by atoms with E-state index in [0.717, 1.165) is 38.8 Å². The Morgan fingerprint density at radius 3 is 2.12 bits per heavy atom. The highest BCUT2D eigenvalue weighted by Crippen LogP contribution is 2.37. The van der Waals surface area contributed by atoms with Crippen LogP contribution in [0.3, 0.4) is 0 Å². The average molecular weight is 239 g/mol. The number of Topliss-reactive ketones (excluding diaryl/α,β-unsaturated/α-hetero) is 1. The second-order valence-electron chi connectivity index (χ2n) is 5.29. The van der Waals surface area contributed by atoms with E-state index in [1.165, 1.54) is 25.7 Å². The van der Waals surface area contributed by atoms with Crippen molar-refractivity contribution in [3.63, 3.8) is 0 Å². The zero-order valence-electron chi connectivity index (χ0n) is 11.9. The van der Waals surface area contributed by atoms with Gasteiger partial charge in [0.1, 0.15) is 0 Å². The second kappa shape index (κ2) is 7.15. The van der Waals surface area contributed by atoms with E-state index in [2.05, 4.69) is 25.7 Å². The van der Waals surface area contributed by atoms with Gasteiger partial charge in [-0.1, -0.05) is 46.5 Å². The van der Waals surface area contributed by atoms with E-state index in [4.69, 9.17) is 0 Å². The Morgan fingerprint density at radius 1 is 1.06 bits per heavy atom. The molecule has 17 heavy (non-hydrogen) atoms. The molecule has 2 nitrogen and oxygen atoms in total. The van der Waals surface area contributed by atoms with Crippen molar-refractivity contribution >= 4 is 5.78 Å². The molecule has 0 amide bonds. The summed E-state index contributed by atoms with van der Waals surface area (Å²) in [4.78, 5) is 15.0. The van der Waals surface area contributed by atoms with E-state index in [1.54, 1.807) is 0 Å². The largest absolute Gasteiger partial charge is 0.298 e. The maximum atomic E-state index is 12.6. The maximum Gasteiger partial charge on any atom is 0.153 e. The molecule has 1 aliphatic carbocycles. The number of unbranched alkanes of at least 4 members (excludes halogenated alkanes) is 2. The molecule has 1 saturated carbocycles. The van der Waals surface area contributed by atoms with E-state index < -0.39 is 0 Å². The summed E-state index contributed by atoms with van der Waals surface area (Å²) in [6.07, 6.45) is 8.93. The quantitative estimate of drug-likeness (QED) is 0.601. The molecule has 1 rings (SSSR count). The van der Waals surface area contributed by atoms with Crippen LogP contribution in [0.15, 0.2) is 0 Å². The molecule has 1 aliphatic rings. The van der Waals surface area contributed by atoms with Crippen LogP contribution in [0, 0.1) is 0 Å². The number of ketones is 1. The van der Waals surface area contributed by atoms with Crippen LogP contribution < -0.4 is 0 Å². The van der Waals surface area contributed by atoms with Crippen LogP contribution in [0.2, 0.25) is 0 Å². The first kappa shape index (κ1) is 14.7. The lowest BCUT2D eigenvalue weighted by Crippen LogP contribution is -2.52. The fraction of sp³-hybridized carbons (Fsp3) is 0.933. The third-order valence-electron chi connectivity index (χ3n) is 4.33. The predicted molar refractivity (Wildman–Crippen MR) is 73.3 cm³/mol. The smallest absolute Gasteiger partial charge is 0.153 e. The van der Waals surface area contributed by atoms with Crippen LogP contribution in [0.1, 0.15) is 72.1 Å².